The summed E-state index contributed by atoms with van der Waals surface area (Å²) in [5.41, 5.74) is 1.63. The number of carbonyl (C=O) groups excluding carboxylic acids is 1. The Morgan fingerprint density at radius 1 is 0.818 bits per heavy atom. The minimum atomic E-state index is -3.57. The van der Waals surface area contributed by atoms with E-state index in [9.17, 15) is 13.2 Å². The number of hydrogen-bond acceptors (Lipinski definition) is 4. The fourth-order valence-corrected chi connectivity index (χ4v) is 6.00. The second-order valence-electron chi connectivity index (χ2n) is 8.75. The van der Waals surface area contributed by atoms with E-state index in [1.807, 2.05) is 23.1 Å². The minimum absolute atomic E-state index is 0.0950. The maximum absolute atomic E-state index is 13.1. The van der Waals surface area contributed by atoms with Crippen LogP contribution in [-0.2, 0) is 10.0 Å². The highest BCUT2D eigenvalue weighted by Gasteiger charge is 2.27. The topological polar surface area (TPSA) is 60.9 Å². The Morgan fingerprint density at radius 2 is 1.52 bits per heavy atom. The van der Waals surface area contributed by atoms with Crippen molar-refractivity contribution in [1.29, 1.82) is 0 Å². The first-order valence-corrected chi connectivity index (χ1v) is 13.3. The van der Waals surface area contributed by atoms with Gasteiger partial charge in [0.2, 0.25) is 10.0 Å². The summed E-state index contributed by atoms with van der Waals surface area (Å²) in [4.78, 5) is 17.5. The molecule has 6 nitrogen and oxygen atoms in total. The Bertz CT molecular complexity index is 1050. The first kappa shape index (κ1) is 23.7. The van der Waals surface area contributed by atoms with Crippen LogP contribution in [0.4, 0.5) is 0 Å². The molecule has 2 heterocycles. The number of rotatable bonds is 6. The average Bonchev–Trinajstić information content (AvgIpc) is 3.15. The highest BCUT2D eigenvalue weighted by molar-refractivity contribution is 7.89. The van der Waals surface area contributed by atoms with Crippen LogP contribution in [0.5, 0.6) is 0 Å². The molecule has 2 saturated heterocycles. The molecule has 1 amide bonds. The molecule has 2 aromatic rings. The summed E-state index contributed by atoms with van der Waals surface area (Å²) in [6, 6.07) is 16.8. The molecule has 2 aliphatic heterocycles. The molecule has 2 aliphatic rings. The van der Waals surface area contributed by atoms with Gasteiger partial charge in [-0.2, -0.15) is 4.31 Å². The normalized spacial score (nSPS) is 19.0. The van der Waals surface area contributed by atoms with Crippen LogP contribution in [0.2, 0.25) is 0 Å². The molecule has 176 valence electrons. The first-order valence-electron chi connectivity index (χ1n) is 11.9. The lowest BCUT2D eigenvalue weighted by Gasteiger charge is -2.34. The Balaban J connectivity index is 1.35. The van der Waals surface area contributed by atoms with Crippen LogP contribution < -0.4 is 0 Å². The lowest BCUT2D eigenvalue weighted by atomic mass is 10.1. The zero-order valence-electron chi connectivity index (χ0n) is 19.1. The van der Waals surface area contributed by atoms with Crippen LogP contribution in [0.15, 0.2) is 65.6 Å². The van der Waals surface area contributed by atoms with E-state index in [0.717, 1.165) is 45.3 Å². The molecule has 0 bridgehead atoms. The van der Waals surface area contributed by atoms with Gasteiger partial charge in [0.25, 0.3) is 5.91 Å². The molecule has 0 spiro atoms. The van der Waals surface area contributed by atoms with E-state index >= 15 is 0 Å². The van der Waals surface area contributed by atoms with Gasteiger partial charge in [-0.25, -0.2) is 8.42 Å². The van der Waals surface area contributed by atoms with Gasteiger partial charge in [0.1, 0.15) is 0 Å². The Morgan fingerprint density at radius 3 is 2.21 bits per heavy atom. The van der Waals surface area contributed by atoms with Crippen LogP contribution in [0.1, 0.15) is 41.6 Å². The van der Waals surface area contributed by atoms with Gasteiger partial charge < -0.3 is 4.90 Å². The second-order valence-corrected chi connectivity index (χ2v) is 10.7. The predicted octanol–water partition coefficient (Wildman–Crippen LogP) is 3.72. The van der Waals surface area contributed by atoms with Gasteiger partial charge in [0.05, 0.1) is 4.90 Å². The molecule has 0 radical (unpaired) electrons. The molecular formula is C26H33N3O3S. The van der Waals surface area contributed by atoms with Crippen molar-refractivity contribution in [2.45, 2.75) is 30.6 Å². The summed E-state index contributed by atoms with van der Waals surface area (Å²) in [6.07, 6.45) is 8.19. The lowest BCUT2D eigenvalue weighted by molar-refractivity contribution is 0.0650. The van der Waals surface area contributed by atoms with Crippen molar-refractivity contribution in [3.05, 3.63) is 71.8 Å². The van der Waals surface area contributed by atoms with Gasteiger partial charge in [-0.1, -0.05) is 61.4 Å². The van der Waals surface area contributed by atoms with E-state index in [2.05, 4.69) is 29.2 Å². The van der Waals surface area contributed by atoms with Crippen molar-refractivity contribution in [2.75, 3.05) is 45.8 Å². The number of hydrogen-bond donors (Lipinski definition) is 0. The Kier molecular flexibility index (Phi) is 7.96. The van der Waals surface area contributed by atoms with Crippen molar-refractivity contribution >= 4 is 22.0 Å². The maximum atomic E-state index is 13.1. The minimum Gasteiger partial charge on any atom is -0.336 e. The monoisotopic (exact) mass is 467 g/mol. The van der Waals surface area contributed by atoms with Crippen molar-refractivity contribution in [3.8, 4) is 0 Å². The molecule has 33 heavy (non-hydrogen) atoms. The standard InChI is InChI=1S/C26H33N3O3S/c30-26(28-20-18-27(19-21-28)15-9-12-23-10-4-3-5-11-23)24-13-8-14-25(22-24)33(31,32)29-16-6-1-2-7-17-29/h3-5,8-14,22H,1-2,6-7,15-21H2/b12-9+. The summed E-state index contributed by atoms with van der Waals surface area (Å²) in [5.74, 6) is -0.0950. The van der Waals surface area contributed by atoms with Gasteiger partial charge >= 0.3 is 0 Å². The molecule has 0 atom stereocenters. The van der Waals surface area contributed by atoms with E-state index in [-0.39, 0.29) is 10.8 Å². The smallest absolute Gasteiger partial charge is 0.253 e. The van der Waals surface area contributed by atoms with Gasteiger partial charge in [0.15, 0.2) is 0 Å². The van der Waals surface area contributed by atoms with Crippen LogP contribution in [0, 0.1) is 0 Å². The second kappa shape index (κ2) is 11.1. The van der Waals surface area contributed by atoms with E-state index in [4.69, 9.17) is 0 Å². The Hall–Kier alpha value is -2.48. The zero-order valence-corrected chi connectivity index (χ0v) is 19.9. The quantitative estimate of drug-likeness (QED) is 0.650. The molecular weight excluding hydrogens is 434 g/mol. The number of nitrogens with zero attached hydrogens (tertiary/aromatic N) is 3. The maximum Gasteiger partial charge on any atom is 0.253 e. The number of piperazine rings is 1. The number of carbonyl (C=O) groups is 1. The third kappa shape index (κ3) is 6.10. The molecule has 7 heteroatoms. The average molecular weight is 468 g/mol. The van der Waals surface area contributed by atoms with Gasteiger partial charge in [-0.3, -0.25) is 9.69 Å². The summed E-state index contributed by atoms with van der Waals surface area (Å²) in [6.45, 7) is 4.85. The predicted molar refractivity (Wildman–Crippen MR) is 131 cm³/mol. The molecule has 0 unspecified atom stereocenters. The molecule has 0 aliphatic carbocycles. The van der Waals surface area contributed by atoms with Crippen LogP contribution >= 0.6 is 0 Å². The summed E-state index contributed by atoms with van der Waals surface area (Å²) in [5, 5.41) is 0. The molecule has 0 aromatic heterocycles. The summed E-state index contributed by atoms with van der Waals surface area (Å²) in [7, 11) is -3.57. The molecule has 0 saturated carbocycles. The summed E-state index contributed by atoms with van der Waals surface area (Å²) >= 11 is 0. The SMILES string of the molecule is O=C(c1cccc(S(=O)(=O)N2CCCCCC2)c1)N1CCN(C/C=C/c2ccccc2)CC1. The first-order chi connectivity index (χ1) is 16.0. The van der Waals surface area contributed by atoms with E-state index in [1.54, 1.807) is 28.6 Å². The van der Waals surface area contributed by atoms with E-state index in [0.29, 0.717) is 31.7 Å². The van der Waals surface area contributed by atoms with E-state index in [1.165, 1.54) is 5.56 Å². The fraction of sp³-hybridized carbons (Fsp3) is 0.423. The molecule has 4 rings (SSSR count). The highest BCUT2D eigenvalue weighted by Crippen LogP contribution is 2.22. The van der Waals surface area contributed by atoms with Crippen LogP contribution in [0.25, 0.3) is 6.08 Å². The lowest BCUT2D eigenvalue weighted by Crippen LogP contribution is -2.48. The van der Waals surface area contributed by atoms with Gasteiger partial charge in [-0.05, 0) is 36.6 Å². The Labute approximate surface area is 197 Å². The third-order valence-electron chi connectivity index (χ3n) is 6.42. The van der Waals surface area contributed by atoms with Gasteiger partial charge in [0, 0.05) is 51.4 Å². The number of amides is 1. The third-order valence-corrected chi connectivity index (χ3v) is 8.31. The highest BCUT2D eigenvalue weighted by atomic mass is 32.2. The van der Waals surface area contributed by atoms with Crippen LogP contribution in [-0.4, -0.2) is 74.2 Å². The van der Waals surface area contributed by atoms with Crippen molar-refractivity contribution in [2.24, 2.45) is 0 Å². The summed E-state index contributed by atoms with van der Waals surface area (Å²) < 4.78 is 27.8. The van der Waals surface area contributed by atoms with Crippen LogP contribution in [0.3, 0.4) is 0 Å². The molecule has 2 fully saturated rings. The zero-order chi connectivity index (χ0) is 23.1. The largest absolute Gasteiger partial charge is 0.336 e. The van der Waals surface area contributed by atoms with Crippen molar-refractivity contribution in [1.82, 2.24) is 14.1 Å². The number of benzene rings is 2. The molecule has 0 N–H and O–H groups in total. The van der Waals surface area contributed by atoms with Gasteiger partial charge in [-0.15, -0.1) is 0 Å². The van der Waals surface area contributed by atoms with Crippen molar-refractivity contribution in [3.63, 3.8) is 0 Å². The van der Waals surface area contributed by atoms with E-state index < -0.39 is 10.0 Å². The van der Waals surface area contributed by atoms with Crippen molar-refractivity contribution < 1.29 is 13.2 Å². The molecule has 2 aromatic carbocycles. The number of sulfonamides is 1. The fourth-order valence-electron chi connectivity index (χ4n) is 4.44.